The van der Waals surface area contributed by atoms with E-state index in [0.717, 1.165) is 0 Å². The Balaban J connectivity index is 3.06. The van der Waals surface area contributed by atoms with E-state index >= 15 is 0 Å². The molecule has 0 saturated carbocycles. The lowest BCUT2D eigenvalue weighted by Gasteiger charge is -2.14. The van der Waals surface area contributed by atoms with Crippen LogP contribution in [0.25, 0.3) is 0 Å². The van der Waals surface area contributed by atoms with E-state index in [1.54, 1.807) is 7.05 Å². The Morgan fingerprint density at radius 3 is 2.47 bits per heavy atom. The van der Waals surface area contributed by atoms with Crippen LogP contribution in [0.5, 0.6) is 5.75 Å². The van der Waals surface area contributed by atoms with Crippen molar-refractivity contribution >= 4 is 33.2 Å². The molecule has 19 heavy (non-hydrogen) atoms. The molecule has 1 aromatic carbocycles. The number of sulfonamides is 1. The minimum Gasteiger partial charge on any atom is -0.495 e. The van der Waals surface area contributed by atoms with E-state index in [1.165, 1.54) is 19.2 Å². The van der Waals surface area contributed by atoms with Gasteiger partial charge < -0.3 is 10.1 Å². The third kappa shape index (κ3) is 3.97. The molecule has 0 aliphatic heterocycles. The summed E-state index contributed by atoms with van der Waals surface area (Å²) < 4.78 is 31.6. The molecule has 1 rings (SSSR count). The molecular formula is C11H16Cl2N2O3S. The maximum absolute atomic E-state index is 12.1. The number of hydrogen-bond acceptors (Lipinski definition) is 4. The third-order valence-electron chi connectivity index (χ3n) is 2.59. The molecule has 0 amide bonds. The topological polar surface area (TPSA) is 67.4 Å². The van der Waals surface area contributed by atoms with Gasteiger partial charge in [0.25, 0.3) is 0 Å². The van der Waals surface area contributed by atoms with E-state index in [4.69, 9.17) is 27.9 Å². The van der Waals surface area contributed by atoms with Crippen LogP contribution < -0.4 is 14.8 Å². The van der Waals surface area contributed by atoms with Crippen molar-refractivity contribution in [2.24, 2.45) is 0 Å². The van der Waals surface area contributed by atoms with Crippen molar-refractivity contribution in [2.75, 3.05) is 20.7 Å². The number of halogens is 2. The largest absolute Gasteiger partial charge is 0.495 e. The van der Waals surface area contributed by atoms with Crippen LogP contribution in [0.2, 0.25) is 10.0 Å². The van der Waals surface area contributed by atoms with Gasteiger partial charge in [-0.15, -0.1) is 0 Å². The summed E-state index contributed by atoms with van der Waals surface area (Å²) in [4.78, 5) is -0.0664. The van der Waals surface area contributed by atoms with E-state index in [0.29, 0.717) is 5.75 Å². The molecule has 1 atom stereocenters. The van der Waals surface area contributed by atoms with Crippen molar-refractivity contribution in [2.45, 2.75) is 17.9 Å². The van der Waals surface area contributed by atoms with Gasteiger partial charge in [-0.2, -0.15) is 0 Å². The van der Waals surface area contributed by atoms with Gasteiger partial charge in [0.1, 0.15) is 15.7 Å². The standard InChI is InChI=1S/C11H16Cl2N2O3S/c1-7(14-2)6-15-19(16,17)9-5-4-8(18-3)10(12)11(9)13/h4-5,7,14-15H,6H2,1-3H3. The van der Waals surface area contributed by atoms with Crippen LogP contribution in [-0.4, -0.2) is 35.2 Å². The molecule has 1 unspecified atom stereocenters. The lowest BCUT2D eigenvalue weighted by atomic mass is 10.3. The van der Waals surface area contributed by atoms with Crippen LogP contribution in [0.3, 0.4) is 0 Å². The number of benzene rings is 1. The summed E-state index contributed by atoms with van der Waals surface area (Å²) in [6, 6.07) is 2.83. The lowest BCUT2D eigenvalue weighted by Crippen LogP contribution is -2.37. The van der Waals surface area contributed by atoms with E-state index in [2.05, 4.69) is 10.0 Å². The van der Waals surface area contributed by atoms with Crippen molar-refractivity contribution in [3.63, 3.8) is 0 Å². The number of nitrogens with one attached hydrogen (secondary N) is 2. The van der Waals surface area contributed by atoms with E-state index in [-0.39, 0.29) is 27.5 Å². The predicted molar refractivity (Wildman–Crippen MR) is 76.7 cm³/mol. The monoisotopic (exact) mass is 326 g/mol. The van der Waals surface area contributed by atoms with E-state index < -0.39 is 10.0 Å². The number of hydrogen-bond donors (Lipinski definition) is 2. The zero-order valence-electron chi connectivity index (χ0n) is 10.8. The quantitative estimate of drug-likeness (QED) is 0.837. The van der Waals surface area contributed by atoms with Gasteiger partial charge in [0.2, 0.25) is 10.0 Å². The van der Waals surface area contributed by atoms with Crippen molar-refractivity contribution in [1.82, 2.24) is 10.0 Å². The fourth-order valence-electron chi connectivity index (χ4n) is 1.29. The number of rotatable bonds is 6. The van der Waals surface area contributed by atoms with Gasteiger partial charge in [0.15, 0.2) is 0 Å². The molecule has 0 bridgehead atoms. The van der Waals surface area contributed by atoms with Crippen LogP contribution in [0.1, 0.15) is 6.92 Å². The molecule has 2 N–H and O–H groups in total. The normalized spacial score (nSPS) is 13.3. The molecule has 108 valence electrons. The lowest BCUT2D eigenvalue weighted by molar-refractivity contribution is 0.414. The van der Waals surface area contributed by atoms with Crippen molar-refractivity contribution in [1.29, 1.82) is 0 Å². The van der Waals surface area contributed by atoms with Gasteiger partial charge in [-0.25, -0.2) is 13.1 Å². The van der Waals surface area contributed by atoms with Gasteiger partial charge in [0, 0.05) is 12.6 Å². The molecule has 0 aliphatic carbocycles. The maximum atomic E-state index is 12.1. The Labute approximate surface area is 123 Å². The first-order valence-corrected chi connectivity index (χ1v) is 7.76. The zero-order chi connectivity index (χ0) is 14.6. The Morgan fingerprint density at radius 2 is 1.95 bits per heavy atom. The van der Waals surface area contributed by atoms with Gasteiger partial charge >= 0.3 is 0 Å². The molecule has 1 aromatic rings. The SMILES string of the molecule is CNC(C)CNS(=O)(=O)c1ccc(OC)c(Cl)c1Cl. The second-order valence-corrected chi connectivity index (χ2v) is 6.43. The molecule has 0 radical (unpaired) electrons. The van der Waals surface area contributed by atoms with Crippen LogP contribution >= 0.6 is 23.2 Å². The first-order valence-electron chi connectivity index (χ1n) is 5.52. The van der Waals surface area contributed by atoms with E-state index in [1.807, 2.05) is 6.92 Å². The van der Waals surface area contributed by atoms with Crippen molar-refractivity contribution in [3.05, 3.63) is 22.2 Å². The summed E-state index contributed by atoms with van der Waals surface area (Å²) in [5.74, 6) is 0.328. The minimum absolute atomic E-state index is 0.00210. The van der Waals surface area contributed by atoms with Crippen LogP contribution in [-0.2, 0) is 10.0 Å². The summed E-state index contributed by atoms with van der Waals surface area (Å²) in [5, 5.41) is 2.95. The summed E-state index contributed by atoms with van der Waals surface area (Å²) in [6.45, 7) is 2.10. The number of methoxy groups -OCH3 is 1. The molecule has 0 heterocycles. The molecule has 0 aromatic heterocycles. The number of ether oxygens (including phenoxy) is 1. The minimum atomic E-state index is -3.71. The zero-order valence-corrected chi connectivity index (χ0v) is 13.2. The van der Waals surface area contributed by atoms with Crippen LogP contribution in [0.4, 0.5) is 0 Å². The van der Waals surface area contributed by atoms with Crippen LogP contribution in [0.15, 0.2) is 17.0 Å². The molecular weight excluding hydrogens is 311 g/mol. The molecule has 8 heteroatoms. The molecule has 0 spiro atoms. The van der Waals surface area contributed by atoms with Crippen molar-refractivity contribution < 1.29 is 13.2 Å². The average molecular weight is 327 g/mol. The van der Waals surface area contributed by atoms with Gasteiger partial charge in [-0.3, -0.25) is 0 Å². The highest BCUT2D eigenvalue weighted by Gasteiger charge is 2.21. The molecule has 0 fully saturated rings. The first kappa shape index (κ1) is 16.5. The molecule has 5 nitrogen and oxygen atoms in total. The highest BCUT2D eigenvalue weighted by Crippen LogP contribution is 2.36. The third-order valence-corrected chi connectivity index (χ3v) is 5.04. The van der Waals surface area contributed by atoms with Gasteiger partial charge in [-0.1, -0.05) is 23.2 Å². The maximum Gasteiger partial charge on any atom is 0.242 e. The summed E-state index contributed by atoms with van der Waals surface area (Å²) in [7, 11) is -0.530. The highest BCUT2D eigenvalue weighted by molar-refractivity contribution is 7.89. The second-order valence-electron chi connectivity index (χ2n) is 3.94. The summed E-state index contributed by atoms with van der Waals surface area (Å²) >= 11 is 11.9. The second kappa shape index (κ2) is 6.76. The molecule has 0 aliphatic rings. The summed E-state index contributed by atoms with van der Waals surface area (Å²) in [6.07, 6.45) is 0. The van der Waals surface area contributed by atoms with E-state index in [9.17, 15) is 8.42 Å². The highest BCUT2D eigenvalue weighted by atomic mass is 35.5. The Kier molecular flexibility index (Phi) is 5.88. The van der Waals surface area contributed by atoms with Gasteiger partial charge in [0.05, 0.1) is 12.1 Å². The Morgan fingerprint density at radius 1 is 1.32 bits per heavy atom. The number of likely N-dealkylation sites (N-methyl/N-ethyl adjacent to an activating group) is 1. The smallest absolute Gasteiger partial charge is 0.242 e. The Hall–Kier alpha value is -0.530. The van der Waals surface area contributed by atoms with Crippen LogP contribution in [0, 0.1) is 0 Å². The summed E-state index contributed by atoms with van der Waals surface area (Å²) in [5.41, 5.74) is 0. The predicted octanol–water partition coefficient (Wildman–Crippen LogP) is 1.89. The van der Waals surface area contributed by atoms with Crippen molar-refractivity contribution in [3.8, 4) is 5.75 Å². The average Bonchev–Trinajstić information content (AvgIpc) is 2.38. The fraction of sp³-hybridized carbons (Fsp3) is 0.455. The first-order chi connectivity index (χ1) is 8.83. The fourth-order valence-corrected chi connectivity index (χ4v) is 3.26. The molecule has 0 saturated heterocycles. The van der Waals surface area contributed by atoms with Gasteiger partial charge in [-0.05, 0) is 26.1 Å². The Bertz CT molecular complexity index is 549.